The van der Waals surface area contributed by atoms with Crippen LogP contribution in [0.2, 0.25) is 0 Å². The van der Waals surface area contributed by atoms with Gasteiger partial charge in [-0.25, -0.2) is 4.79 Å². The van der Waals surface area contributed by atoms with Crippen molar-refractivity contribution < 1.29 is 14.5 Å². The minimum Gasteiger partial charge on any atom is -0.464 e. The number of esters is 1. The Bertz CT molecular complexity index is 649. The first-order valence-corrected chi connectivity index (χ1v) is 5.88. The first kappa shape index (κ1) is 13.7. The molecular weight excluding hydrogens is 262 g/mol. The highest BCUT2D eigenvalue weighted by molar-refractivity contribution is 5.92. The SMILES string of the molecule is COC(=O)c1nn(Cc2ccccc2)c(C)c1[N+](=O)[O-]. The third kappa shape index (κ3) is 2.51. The van der Waals surface area contributed by atoms with Crippen LogP contribution in [0.3, 0.4) is 0 Å². The Balaban J connectivity index is 2.45. The molecular formula is C13H13N3O4. The van der Waals surface area contributed by atoms with Gasteiger partial charge in [0.25, 0.3) is 0 Å². The van der Waals surface area contributed by atoms with E-state index in [0.29, 0.717) is 12.2 Å². The van der Waals surface area contributed by atoms with E-state index in [9.17, 15) is 14.9 Å². The van der Waals surface area contributed by atoms with Gasteiger partial charge in [-0.3, -0.25) is 14.8 Å². The number of ether oxygens (including phenoxy) is 1. The van der Waals surface area contributed by atoms with E-state index in [2.05, 4.69) is 9.84 Å². The zero-order valence-electron chi connectivity index (χ0n) is 11.1. The maximum absolute atomic E-state index is 11.6. The zero-order chi connectivity index (χ0) is 14.7. The van der Waals surface area contributed by atoms with Crippen LogP contribution >= 0.6 is 0 Å². The van der Waals surface area contributed by atoms with Crippen LogP contribution in [-0.2, 0) is 11.3 Å². The van der Waals surface area contributed by atoms with Crippen LogP contribution in [0.15, 0.2) is 30.3 Å². The van der Waals surface area contributed by atoms with Gasteiger partial charge in [0.2, 0.25) is 5.69 Å². The molecule has 7 heteroatoms. The summed E-state index contributed by atoms with van der Waals surface area (Å²) in [6.45, 7) is 1.91. The minimum atomic E-state index is -0.813. The average molecular weight is 275 g/mol. The predicted octanol–water partition coefficient (Wildman–Crippen LogP) is 1.93. The van der Waals surface area contributed by atoms with Gasteiger partial charge in [-0.1, -0.05) is 30.3 Å². The molecule has 0 bridgehead atoms. The van der Waals surface area contributed by atoms with Crippen LogP contribution in [0.4, 0.5) is 5.69 Å². The molecule has 0 fully saturated rings. The monoisotopic (exact) mass is 275 g/mol. The maximum Gasteiger partial charge on any atom is 0.365 e. The second kappa shape index (κ2) is 5.52. The molecule has 0 unspecified atom stereocenters. The van der Waals surface area contributed by atoms with Crippen molar-refractivity contribution >= 4 is 11.7 Å². The Morgan fingerprint density at radius 2 is 2.05 bits per heavy atom. The van der Waals surface area contributed by atoms with Gasteiger partial charge in [0.1, 0.15) is 5.69 Å². The molecule has 0 spiro atoms. The van der Waals surface area contributed by atoms with Crippen molar-refractivity contribution in [3.05, 3.63) is 57.4 Å². The van der Waals surface area contributed by atoms with Gasteiger partial charge >= 0.3 is 11.7 Å². The van der Waals surface area contributed by atoms with Crippen molar-refractivity contribution in [3.8, 4) is 0 Å². The van der Waals surface area contributed by atoms with Crippen molar-refractivity contribution in [2.75, 3.05) is 7.11 Å². The molecule has 1 heterocycles. The highest BCUT2D eigenvalue weighted by Crippen LogP contribution is 2.24. The number of hydrogen-bond acceptors (Lipinski definition) is 5. The molecule has 0 saturated heterocycles. The highest BCUT2D eigenvalue weighted by Gasteiger charge is 2.30. The zero-order valence-corrected chi connectivity index (χ0v) is 11.1. The number of nitro groups is 1. The van der Waals surface area contributed by atoms with Crippen molar-refractivity contribution in [3.63, 3.8) is 0 Å². The van der Waals surface area contributed by atoms with Gasteiger partial charge in [0, 0.05) is 0 Å². The third-order valence-electron chi connectivity index (χ3n) is 2.91. The minimum absolute atomic E-state index is 0.272. The van der Waals surface area contributed by atoms with Gasteiger partial charge in [0.15, 0.2) is 0 Å². The number of carbonyl (C=O) groups is 1. The fourth-order valence-electron chi connectivity index (χ4n) is 1.90. The summed E-state index contributed by atoms with van der Waals surface area (Å²) in [6.07, 6.45) is 0. The Morgan fingerprint density at radius 3 is 2.60 bits per heavy atom. The number of hydrogen-bond donors (Lipinski definition) is 0. The summed E-state index contributed by atoms with van der Waals surface area (Å²) in [4.78, 5) is 22.0. The van der Waals surface area contributed by atoms with E-state index in [1.165, 1.54) is 4.68 Å². The van der Waals surface area contributed by atoms with E-state index < -0.39 is 10.9 Å². The lowest BCUT2D eigenvalue weighted by atomic mass is 10.2. The molecule has 0 N–H and O–H groups in total. The van der Waals surface area contributed by atoms with Crippen LogP contribution in [0, 0.1) is 17.0 Å². The molecule has 1 aromatic carbocycles. The van der Waals surface area contributed by atoms with Crippen LogP contribution in [-0.4, -0.2) is 27.8 Å². The number of nitrogens with zero attached hydrogens (tertiary/aromatic N) is 3. The van der Waals surface area contributed by atoms with E-state index in [0.717, 1.165) is 12.7 Å². The molecule has 104 valence electrons. The Hall–Kier alpha value is -2.70. The van der Waals surface area contributed by atoms with Crippen LogP contribution in [0.25, 0.3) is 0 Å². The number of rotatable bonds is 4. The average Bonchev–Trinajstić information content (AvgIpc) is 2.76. The molecule has 0 saturated carbocycles. The van der Waals surface area contributed by atoms with Crippen molar-refractivity contribution in [1.29, 1.82) is 0 Å². The summed E-state index contributed by atoms with van der Waals surface area (Å²) in [7, 11) is 1.16. The molecule has 0 aliphatic rings. The largest absolute Gasteiger partial charge is 0.464 e. The number of methoxy groups -OCH3 is 1. The Kier molecular flexibility index (Phi) is 3.79. The predicted molar refractivity (Wildman–Crippen MR) is 70.5 cm³/mol. The first-order chi connectivity index (χ1) is 9.54. The van der Waals surface area contributed by atoms with E-state index in [4.69, 9.17) is 0 Å². The number of carbonyl (C=O) groups excluding carboxylic acids is 1. The van der Waals surface area contributed by atoms with Crippen LogP contribution < -0.4 is 0 Å². The fraction of sp³-hybridized carbons (Fsp3) is 0.231. The molecule has 1 aromatic heterocycles. The number of benzene rings is 1. The summed E-state index contributed by atoms with van der Waals surface area (Å²) < 4.78 is 5.96. The van der Waals surface area contributed by atoms with Gasteiger partial charge in [-0.2, -0.15) is 5.10 Å². The van der Waals surface area contributed by atoms with Crippen molar-refractivity contribution in [1.82, 2.24) is 9.78 Å². The lowest BCUT2D eigenvalue weighted by Gasteiger charge is -2.03. The summed E-state index contributed by atoms with van der Waals surface area (Å²) in [5, 5.41) is 15.1. The summed E-state index contributed by atoms with van der Waals surface area (Å²) in [6, 6.07) is 9.37. The quantitative estimate of drug-likeness (QED) is 0.483. The smallest absolute Gasteiger partial charge is 0.365 e. The van der Waals surface area contributed by atoms with Crippen LogP contribution in [0.1, 0.15) is 21.7 Å². The standard InChI is InChI=1S/C13H13N3O4/c1-9-12(16(18)19)11(13(17)20-2)14-15(9)8-10-6-4-3-5-7-10/h3-7H,8H2,1-2H3. The van der Waals surface area contributed by atoms with Crippen LogP contribution in [0.5, 0.6) is 0 Å². The topological polar surface area (TPSA) is 87.3 Å². The second-order valence-electron chi connectivity index (χ2n) is 4.17. The summed E-state index contributed by atoms with van der Waals surface area (Å²) in [5.74, 6) is -0.813. The molecule has 7 nitrogen and oxygen atoms in total. The molecule has 0 radical (unpaired) electrons. The highest BCUT2D eigenvalue weighted by atomic mass is 16.6. The Morgan fingerprint density at radius 1 is 1.40 bits per heavy atom. The van der Waals surface area contributed by atoms with Crippen molar-refractivity contribution in [2.45, 2.75) is 13.5 Å². The third-order valence-corrected chi connectivity index (χ3v) is 2.91. The lowest BCUT2D eigenvalue weighted by molar-refractivity contribution is -0.385. The van der Waals surface area contributed by atoms with Crippen molar-refractivity contribution in [2.24, 2.45) is 0 Å². The van der Waals surface area contributed by atoms with E-state index >= 15 is 0 Å². The van der Waals surface area contributed by atoms with Gasteiger partial charge in [-0.05, 0) is 12.5 Å². The molecule has 2 rings (SSSR count). The van der Waals surface area contributed by atoms with Gasteiger partial charge in [-0.15, -0.1) is 0 Å². The van der Waals surface area contributed by atoms with Gasteiger partial charge < -0.3 is 4.74 Å². The first-order valence-electron chi connectivity index (χ1n) is 5.88. The molecule has 0 aliphatic carbocycles. The molecule has 2 aromatic rings. The fourth-order valence-corrected chi connectivity index (χ4v) is 1.90. The summed E-state index contributed by atoms with van der Waals surface area (Å²) in [5.41, 5.74) is 0.669. The Labute approximate surface area is 114 Å². The molecule has 0 aliphatic heterocycles. The summed E-state index contributed by atoms with van der Waals surface area (Å²) >= 11 is 0. The molecule has 0 atom stereocenters. The van der Waals surface area contributed by atoms with Gasteiger partial charge in [0.05, 0.1) is 18.6 Å². The number of aromatic nitrogens is 2. The van der Waals surface area contributed by atoms with E-state index in [1.807, 2.05) is 30.3 Å². The maximum atomic E-state index is 11.6. The normalized spacial score (nSPS) is 10.3. The van der Waals surface area contributed by atoms with E-state index in [1.54, 1.807) is 6.92 Å². The molecule has 20 heavy (non-hydrogen) atoms. The lowest BCUT2D eigenvalue weighted by Crippen LogP contribution is -2.07. The van der Waals surface area contributed by atoms with E-state index in [-0.39, 0.29) is 11.4 Å². The molecule has 0 amide bonds. The second-order valence-corrected chi connectivity index (χ2v) is 4.17.